The maximum atomic E-state index is 10.9. The highest BCUT2D eigenvalue weighted by Gasteiger charge is 2.06. The zero-order valence-corrected chi connectivity index (χ0v) is 10.4. The van der Waals surface area contributed by atoms with Crippen LogP contribution in [-0.4, -0.2) is 26.0 Å². The summed E-state index contributed by atoms with van der Waals surface area (Å²) in [5.41, 5.74) is 2.97. The molecular weight excluding hydrogens is 246 g/mol. The molecule has 0 fully saturated rings. The Kier molecular flexibility index (Phi) is 5.59. The van der Waals surface area contributed by atoms with Gasteiger partial charge < -0.3 is 9.47 Å². The number of hydrogen-bond donors (Lipinski definition) is 1. The molecule has 0 radical (unpaired) electrons. The minimum Gasteiger partial charge on any atom is -0.497 e. The molecule has 0 saturated heterocycles. The van der Waals surface area contributed by atoms with Crippen molar-refractivity contribution in [3.63, 3.8) is 0 Å². The SMILES string of the molecule is COc1ccc(OC)c(CONC(=O)CCl)c1. The van der Waals surface area contributed by atoms with Crippen LogP contribution in [0.4, 0.5) is 0 Å². The number of nitrogens with one attached hydrogen (secondary N) is 1. The van der Waals surface area contributed by atoms with Gasteiger partial charge in [0.05, 0.1) is 14.2 Å². The molecule has 5 nitrogen and oxygen atoms in total. The highest BCUT2D eigenvalue weighted by atomic mass is 35.5. The number of benzene rings is 1. The van der Waals surface area contributed by atoms with Gasteiger partial charge in [-0.15, -0.1) is 11.6 Å². The maximum Gasteiger partial charge on any atom is 0.258 e. The Labute approximate surface area is 105 Å². The second kappa shape index (κ2) is 6.98. The van der Waals surface area contributed by atoms with Crippen LogP contribution in [0, 0.1) is 0 Å². The number of alkyl halides is 1. The molecule has 0 saturated carbocycles. The summed E-state index contributed by atoms with van der Waals surface area (Å²) >= 11 is 5.30. The Morgan fingerprint density at radius 1 is 1.35 bits per heavy atom. The van der Waals surface area contributed by atoms with E-state index in [2.05, 4.69) is 5.48 Å². The van der Waals surface area contributed by atoms with Crippen LogP contribution in [-0.2, 0) is 16.2 Å². The van der Waals surface area contributed by atoms with Crippen molar-refractivity contribution >= 4 is 17.5 Å². The molecule has 0 heterocycles. The summed E-state index contributed by atoms with van der Waals surface area (Å²) in [6.45, 7) is 0.170. The first-order chi connectivity index (χ1) is 8.21. The second-order valence-corrected chi connectivity index (χ2v) is 3.39. The number of rotatable bonds is 6. The zero-order valence-electron chi connectivity index (χ0n) is 9.66. The minimum atomic E-state index is -0.395. The number of hydrogen-bond acceptors (Lipinski definition) is 4. The molecule has 0 spiro atoms. The number of carbonyl (C=O) groups excluding carboxylic acids is 1. The van der Waals surface area contributed by atoms with Crippen molar-refractivity contribution in [2.24, 2.45) is 0 Å². The molecule has 1 aromatic carbocycles. The first-order valence-electron chi connectivity index (χ1n) is 4.88. The van der Waals surface area contributed by atoms with Gasteiger partial charge >= 0.3 is 0 Å². The van der Waals surface area contributed by atoms with Gasteiger partial charge in [0.1, 0.15) is 24.0 Å². The fourth-order valence-corrected chi connectivity index (χ4v) is 1.27. The predicted octanol–water partition coefficient (Wildman–Crippen LogP) is 1.49. The largest absolute Gasteiger partial charge is 0.497 e. The number of halogens is 1. The Balaban J connectivity index is 2.64. The maximum absolute atomic E-state index is 10.9. The van der Waals surface area contributed by atoms with Gasteiger partial charge in [0, 0.05) is 5.56 Å². The summed E-state index contributed by atoms with van der Waals surface area (Å²) in [5.74, 6) is 0.808. The molecule has 17 heavy (non-hydrogen) atoms. The molecule has 1 N–H and O–H groups in total. The summed E-state index contributed by atoms with van der Waals surface area (Å²) in [6, 6.07) is 5.31. The molecule has 1 aromatic rings. The summed E-state index contributed by atoms with van der Waals surface area (Å²) in [6.07, 6.45) is 0. The lowest BCUT2D eigenvalue weighted by Crippen LogP contribution is -2.24. The Bertz CT molecular complexity index is 384. The molecule has 0 aliphatic heterocycles. The quantitative estimate of drug-likeness (QED) is 0.621. The molecule has 0 bridgehead atoms. The van der Waals surface area contributed by atoms with E-state index < -0.39 is 5.91 Å². The van der Waals surface area contributed by atoms with E-state index in [1.807, 2.05) is 0 Å². The first-order valence-corrected chi connectivity index (χ1v) is 5.42. The predicted molar refractivity (Wildman–Crippen MR) is 63.2 cm³/mol. The molecule has 0 unspecified atom stereocenters. The number of hydroxylamine groups is 1. The van der Waals surface area contributed by atoms with Gasteiger partial charge in [0.25, 0.3) is 5.91 Å². The van der Waals surface area contributed by atoms with Crippen LogP contribution >= 0.6 is 11.6 Å². The van der Waals surface area contributed by atoms with Crippen LogP contribution in [0.1, 0.15) is 5.56 Å². The van der Waals surface area contributed by atoms with E-state index in [0.717, 1.165) is 5.56 Å². The van der Waals surface area contributed by atoms with E-state index >= 15 is 0 Å². The molecule has 6 heteroatoms. The van der Waals surface area contributed by atoms with Gasteiger partial charge in [-0.1, -0.05) is 0 Å². The molecule has 94 valence electrons. The van der Waals surface area contributed by atoms with Gasteiger partial charge in [-0.3, -0.25) is 9.63 Å². The number of amides is 1. The van der Waals surface area contributed by atoms with E-state index in [1.54, 1.807) is 32.4 Å². The lowest BCUT2D eigenvalue weighted by molar-refractivity contribution is -0.131. The van der Waals surface area contributed by atoms with E-state index in [0.29, 0.717) is 11.5 Å². The van der Waals surface area contributed by atoms with Gasteiger partial charge in [-0.05, 0) is 18.2 Å². The average molecular weight is 260 g/mol. The van der Waals surface area contributed by atoms with E-state index in [9.17, 15) is 4.79 Å². The van der Waals surface area contributed by atoms with Crippen molar-refractivity contribution in [1.82, 2.24) is 5.48 Å². The smallest absolute Gasteiger partial charge is 0.258 e. The first kappa shape index (κ1) is 13.6. The lowest BCUT2D eigenvalue weighted by Gasteiger charge is -2.10. The van der Waals surface area contributed by atoms with Crippen LogP contribution in [0.25, 0.3) is 0 Å². The van der Waals surface area contributed by atoms with Gasteiger partial charge in [0.2, 0.25) is 0 Å². The lowest BCUT2D eigenvalue weighted by atomic mass is 10.2. The number of carbonyl (C=O) groups is 1. The van der Waals surface area contributed by atoms with Crippen molar-refractivity contribution < 1.29 is 19.1 Å². The van der Waals surface area contributed by atoms with Crippen LogP contribution in [0.5, 0.6) is 11.5 Å². The van der Waals surface area contributed by atoms with E-state index in [4.69, 9.17) is 25.9 Å². The van der Waals surface area contributed by atoms with Crippen LogP contribution in [0.3, 0.4) is 0 Å². The highest BCUT2D eigenvalue weighted by Crippen LogP contribution is 2.24. The number of methoxy groups -OCH3 is 2. The third-order valence-electron chi connectivity index (χ3n) is 2.02. The minimum absolute atomic E-state index is 0.144. The van der Waals surface area contributed by atoms with Gasteiger partial charge in [0.15, 0.2) is 0 Å². The van der Waals surface area contributed by atoms with Crippen molar-refractivity contribution in [3.8, 4) is 11.5 Å². The van der Waals surface area contributed by atoms with Crippen molar-refractivity contribution in [2.45, 2.75) is 6.61 Å². The van der Waals surface area contributed by atoms with Gasteiger partial charge in [-0.25, -0.2) is 5.48 Å². The third kappa shape index (κ3) is 4.13. The van der Waals surface area contributed by atoms with Crippen LogP contribution in [0.2, 0.25) is 0 Å². The molecule has 1 rings (SSSR count). The van der Waals surface area contributed by atoms with Crippen molar-refractivity contribution in [3.05, 3.63) is 23.8 Å². The van der Waals surface area contributed by atoms with Crippen molar-refractivity contribution in [2.75, 3.05) is 20.1 Å². The Hall–Kier alpha value is -1.46. The molecule has 0 aromatic heterocycles. The fraction of sp³-hybridized carbons (Fsp3) is 0.364. The summed E-state index contributed by atoms with van der Waals surface area (Å²) < 4.78 is 10.2. The number of ether oxygens (including phenoxy) is 2. The topological polar surface area (TPSA) is 56.8 Å². The van der Waals surface area contributed by atoms with Gasteiger partial charge in [-0.2, -0.15) is 0 Å². The van der Waals surface area contributed by atoms with E-state index in [1.165, 1.54) is 0 Å². The zero-order chi connectivity index (χ0) is 12.7. The average Bonchev–Trinajstić information content (AvgIpc) is 2.38. The summed E-state index contributed by atoms with van der Waals surface area (Å²) in [7, 11) is 3.13. The summed E-state index contributed by atoms with van der Waals surface area (Å²) in [5, 5.41) is 0. The molecular formula is C11H14ClNO4. The molecule has 0 atom stereocenters. The molecule has 0 aliphatic rings. The van der Waals surface area contributed by atoms with E-state index in [-0.39, 0.29) is 12.5 Å². The highest BCUT2D eigenvalue weighted by molar-refractivity contribution is 6.27. The molecule has 1 amide bonds. The van der Waals surface area contributed by atoms with Crippen LogP contribution in [0.15, 0.2) is 18.2 Å². The standard InChI is InChI=1S/C11H14ClNO4/c1-15-9-3-4-10(16-2)8(5-9)7-17-13-11(14)6-12/h3-5H,6-7H2,1-2H3,(H,13,14). The van der Waals surface area contributed by atoms with Crippen LogP contribution < -0.4 is 15.0 Å². The second-order valence-electron chi connectivity index (χ2n) is 3.13. The fourth-order valence-electron chi connectivity index (χ4n) is 1.22. The monoisotopic (exact) mass is 259 g/mol. The normalized spacial score (nSPS) is 9.82. The molecule has 0 aliphatic carbocycles. The van der Waals surface area contributed by atoms with Crippen molar-refractivity contribution in [1.29, 1.82) is 0 Å². The Morgan fingerprint density at radius 3 is 2.71 bits per heavy atom. The third-order valence-corrected chi connectivity index (χ3v) is 2.27. The Morgan fingerprint density at radius 2 is 2.12 bits per heavy atom. The summed E-state index contributed by atoms with van der Waals surface area (Å²) in [4.78, 5) is 15.9.